The van der Waals surface area contributed by atoms with Crippen molar-refractivity contribution >= 4 is 12.0 Å². The van der Waals surface area contributed by atoms with Gasteiger partial charge in [-0.05, 0) is 26.2 Å². The van der Waals surface area contributed by atoms with Crippen molar-refractivity contribution in [2.24, 2.45) is 0 Å². The highest BCUT2D eigenvalue weighted by molar-refractivity contribution is 5.81. The number of hydrogen-bond donors (Lipinski definition) is 1. The van der Waals surface area contributed by atoms with Crippen LogP contribution in [0.5, 0.6) is 0 Å². The second-order valence-electron chi connectivity index (χ2n) is 3.86. The van der Waals surface area contributed by atoms with E-state index in [2.05, 4.69) is 12.2 Å². The molecule has 1 atom stereocenters. The van der Waals surface area contributed by atoms with Gasteiger partial charge in [0.1, 0.15) is 6.54 Å². The molecule has 92 valence electrons. The molecule has 1 rings (SSSR count). The predicted octanol–water partition coefficient (Wildman–Crippen LogP) is 1.13. The van der Waals surface area contributed by atoms with Crippen molar-refractivity contribution in [3.63, 3.8) is 0 Å². The van der Waals surface area contributed by atoms with Gasteiger partial charge in [0.25, 0.3) is 0 Å². The van der Waals surface area contributed by atoms with Crippen LogP contribution in [0.2, 0.25) is 0 Å². The number of nitrogens with one attached hydrogen (secondary N) is 1. The average molecular weight is 228 g/mol. The van der Waals surface area contributed by atoms with Crippen LogP contribution in [-0.2, 0) is 9.53 Å². The molecule has 16 heavy (non-hydrogen) atoms. The number of urea groups is 1. The Hall–Kier alpha value is -1.26. The molecule has 1 saturated heterocycles. The number of ether oxygens (including phenoxy) is 1. The van der Waals surface area contributed by atoms with Crippen molar-refractivity contribution in [2.75, 3.05) is 19.7 Å². The van der Waals surface area contributed by atoms with Gasteiger partial charge in [0, 0.05) is 12.6 Å². The third-order valence-electron chi connectivity index (χ3n) is 2.80. The van der Waals surface area contributed by atoms with E-state index in [4.69, 9.17) is 4.74 Å². The molecule has 1 N–H and O–H groups in total. The van der Waals surface area contributed by atoms with Crippen molar-refractivity contribution in [3.8, 4) is 0 Å². The van der Waals surface area contributed by atoms with Gasteiger partial charge in [0.15, 0.2) is 0 Å². The molecule has 0 radical (unpaired) electrons. The third kappa shape index (κ3) is 3.40. The number of carbonyl (C=O) groups is 2. The summed E-state index contributed by atoms with van der Waals surface area (Å²) in [5.74, 6) is -0.386. The van der Waals surface area contributed by atoms with Crippen LogP contribution in [0.15, 0.2) is 0 Å². The standard InChI is InChI=1S/C11H20N2O3/c1-3-9-6-5-7-13(9)11(15)12-8-10(14)16-4-2/h9H,3-8H2,1-2H3,(H,12,15). The van der Waals surface area contributed by atoms with Crippen LogP contribution < -0.4 is 5.32 Å². The van der Waals surface area contributed by atoms with E-state index < -0.39 is 0 Å². The molecule has 0 bridgehead atoms. The number of likely N-dealkylation sites (tertiary alicyclic amines) is 1. The minimum absolute atomic E-state index is 0.0421. The van der Waals surface area contributed by atoms with E-state index in [0.29, 0.717) is 12.6 Å². The molecular formula is C11H20N2O3. The van der Waals surface area contributed by atoms with Crippen molar-refractivity contribution in [3.05, 3.63) is 0 Å². The SMILES string of the molecule is CCOC(=O)CNC(=O)N1CCCC1CC. The molecule has 2 amide bonds. The summed E-state index contributed by atoms with van der Waals surface area (Å²) in [5, 5.41) is 2.59. The maximum atomic E-state index is 11.7. The van der Waals surface area contributed by atoms with Crippen LogP contribution in [0.25, 0.3) is 0 Å². The number of esters is 1. The van der Waals surface area contributed by atoms with Gasteiger partial charge >= 0.3 is 12.0 Å². The lowest BCUT2D eigenvalue weighted by Crippen LogP contribution is -2.44. The highest BCUT2D eigenvalue weighted by Crippen LogP contribution is 2.19. The zero-order valence-electron chi connectivity index (χ0n) is 9.99. The molecule has 0 aromatic heterocycles. The summed E-state index contributed by atoms with van der Waals surface area (Å²) >= 11 is 0. The molecule has 5 nitrogen and oxygen atoms in total. The Morgan fingerprint density at radius 2 is 2.19 bits per heavy atom. The quantitative estimate of drug-likeness (QED) is 0.734. The minimum atomic E-state index is -0.386. The van der Waals surface area contributed by atoms with Crippen molar-refractivity contribution in [1.82, 2.24) is 10.2 Å². The number of amides is 2. The zero-order chi connectivity index (χ0) is 12.0. The van der Waals surface area contributed by atoms with Gasteiger partial charge in [-0.1, -0.05) is 6.92 Å². The lowest BCUT2D eigenvalue weighted by molar-refractivity contribution is -0.141. The maximum absolute atomic E-state index is 11.7. The molecule has 0 aromatic rings. The molecule has 1 heterocycles. The first kappa shape index (κ1) is 12.8. The number of rotatable bonds is 4. The van der Waals surface area contributed by atoms with Gasteiger partial charge in [-0.15, -0.1) is 0 Å². The van der Waals surface area contributed by atoms with Crippen LogP contribution in [-0.4, -0.2) is 42.6 Å². The van der Waals surface area contributed by atoms with Crippen molar-refractivity contribution in [2.45, 2.75) is 39.2 Å². The van der Waals surface area contributed by atoms with Crippen molar-refractivity contribution in [1.29, 1.82) is 0 Å². The molecule has 0 saturated carbocycles. The van der Waals surface area contributed by atoms with Crippen LogP contribution in [0.3, 0.4) is 0 Å². The average Bonchev–Trinajstić information content (AvgIpc) is 2.74. The van der Waals surface area contributed by atoms with Gasteiger partial charge in [0.05, 0.1) is 6.61 Å². The number of nitrogens with zero attached hydrogens (tertiary/aromatic N) is 1. The molecule has 1 unspecified atom stereocenters. The third-order valence-corrected chi connectivity index (χ3v) is 2.80. The predicted molar refractivity (Wildman–Crippen MR) is 60.1 cm³/mol. The molecule has 1 fully saturated rings. The fourth-order valence-corrected chi connectivity index (χ4v) is 1.99. The summed E-state index contributed by atoms with van der Waals surface area (Å²) < 4.78 is 4.74. The van der Waals surface area contributed by atoms with Gasteiger partial charge in [-0.2, -0.15) is 0 Å². The fourth-order valence-electron chi connectivity index (χ4n) is 1.99. The Morgan fingerprint density at radius 1 is 1.44 bits per heavy atom. The van der Waals surface area contributed by atoms with Gasteiger partial charge < -0.3 is 15.0 Å². The van der Waals surface area contributed by atoms with Crippen LogP contribution >= 0.6 is 0 Å². The molecule has 0 aliphatic carbocycles. The molecule has 5 heteroatoms. The second-order valence-corrected chi connectivity index (χ2v) is 3.86. The first-order valence-electron chi connectivity index (χ1n) is 5.89. The second kappa shape index (κ2) is 6.35. The van der Waals surface area contributed by atoms with Crippen LogP contribution in [0.1, 0.15) is 33.1 Å². The summed E-state index contributed by atoms with van der Waals surface area (Å²) in [7, 11) is 0. The van der Waals surface area contributed by atoms with Gasteiger partial charge in [-0.3, -0.25) is 4.79 Å². The summed E-state index contributed by atoms with van der Waals surface area (Å²) in [6.07, 6.45) is 3.07. The van der Waals surface area contributed by atoms with E-state index in [0.717, 1.165) is 25.8 Å². The van der Waals surface area contributed by atoms with E-state index >= 15 is 0 Å². The van der Waals surface area contributed by atoms with Gasteiger partial charge in [-0.25, -0.2) is 4.79 Å². The van der Waals surface area contributed by atoms with E-state index in [9.17, 15) is 9.59 Å². The Morgan fingerprint density at radius 3 is 2.81 bits per heavy atom. The smallest absolute Gasteiger partial charge is 0.325 e. The van der Waals surface area contributed by atoms with Crippen LogP contribution in [0, 0.1) is 0 Å². The maximum Gasteiger partial charge on any atom is 0.325 e. The largest absolute Gasteiger partial charge is 0.465 e. The first-order valence-corrected chi connectivity index (χ1v) is 5.89. The lowest BCUT2D eigenvalue weighted by atomic mass is 10.2. The molecule has 1 aliphatic rings. The van der Waals surface area contributed by atoms with Gasteiger partial charge in [0.2, 0.25) is 0 Å². The Bertz CT molecular complexity index is 256. The first-order chi connectivity index (χ1) is 7.69. The summed E-state index contributed by atoms with van der Waals surface area (Å²) in [5.41, 5.74) is 0. The Balaban J connectivity index is 2.31. The molecule has 0 spiro atoms. The normalized spacial score (nSPS) is 19.6. The lowest BCUT2D eigenvalue weighted by Gasteiger charge is -2.23. The van der Waals surface area contributed by atoms with E-state index in [1.54, 1.807) is 11.8 Å². The molecule has 0 aromatic carbocycles. The Kier molecular flexibility index (Phi) is 5.08. The molecular weight excluding hydrogens is 208 g/mol. The summed E-state index contributed by atoms with van der Waals surface area (Å²) in [6.45, 7) is 4.90. The monoisotopic (exact) mass is 228 g/mol. The highest BCUT2D eigenvalue weighted by Gasteiger charge is 2.27. The summed E-state index contributed by atoms with van der Waals surface area (Å²) in [4.78, 5) is 24.6. The molecule has 1 aliphatic heterocycles. The summed E-state index contributed by atoms with van der Waals surface area (Å²) in [6, 6.07) is 0.166. The number of carbonyl (C=O) groups excluding carboxylic acids is 2. The topological polar surface area (TPSA) is 58.6 Å². The van der Waals surface area contributed by atoms with E-state index in [1.165, 1.54) is 0 Å². The highest BCUT2D eigenvalue weighted by atomic mass is 16.5. The fraction of sp³-hybridized carbons (Fsp3) is 0.818. The number of hydrogen-bond acceptors (Lipinski definition) is 3. The van der Waals surface area contributed by atoms with E-state index in [-0.39, 0.29) is 18.5 Å². The zero-order valence-corrected chi connectivity index (χ0v) is 9.99. The Labute approximate surface area is 96.1 Å². The van der Waals surface area contributed by atoms with Crippen LogP contribution in [0.4, 0.5) is 4.79 Å². The minimum Gasteiger partial charge on any atom is -0.465 e. The van der Waals surface area contributed by atoms with Crippen molar-refractivity contribution < 1.29 is 14.3 Å². The van der Waals surface area contributed by atoms with E-state index in [1.807, 2.05) is 0 Å².